The zero-order chi connectivity index (χ0) is 20.5. The van der Waals surface area contributed by atoms with Crippen molar-refractivity contribution in [2.75, 3.05) is 6.61 Å². The summed E-state index contributed by atoms with van der Waals surface area (Å²) in [5.74, 6) is 1.21. The summed E-state index contributed by atoms with van der Waals surface area (Å²) in [7, 11) is 0. The summed E-state index contributed by atoms with van der Waals surface area (Å²) < 4.78 is 5.74. The van der Waals surface area contributed by atoms with Crippen LogP contribution in [0.1, 0.15) is 60.5 Å². The van der Waals surface area contributed by atoms with Crippen LogP contribution >= 0.6 is 0 Å². The maximum atomic E-state index is 13.5. The Kier molecular flexibility index (Phi) is 5.19. The SMILES string of the molecule is O=C(NC1CCOc2ccccc21)C1CC2CCCCC2N1C(=O)c1ccccc1. The molecule has 1 aliphatic carbocycles. The number of para-hydroxylation sites is 1. The van der Waals surface area contributed by atoms with Gasteiger partial charge >= 0.3 is 0 Å². The van der Waals surface area contributed by atoms with Crippen molar-refractivity contribution < 1.29 is 14.3 Å². The zero-order valence-electron chi connectivity index (χ0n) is 17.1. The number of rotatable bonds is 3. The van der Waals surface area contributed by atoms with E-state index in [1.807, 2.05) is 59.5 Å². The molecule has 5 nitrogen and oxygen atoms in total. The minimum Gasteiger partial charge on any atom is -0.493 e. The van der Waals surface area contributed by atoms with Gasteiger partial charge in [0, 0.05) is 23.6 Å². The number of benzene rings is 2. The molecular weight excluding hydrogens is 376 g/mol. The van der Waals surface area contributed by atoms with Gasteiger partial charge in [-0.15, -0.1) is 0 Å². The predicted molar refractivity (Wildman–Crippen MR) is 114 cm³/mol. The first-order valence-corrected chi connectivity index (χ1v) is 11.1. The number of nitrogens with one attached hydrogen (secondary N) is 1. The van der Waals surface area contributed by atoms with Gasteiger partial charge in [-0.25, -0.2) is 0 Å². The van der Waals surface area contributed by atoms with Gasteiger partial charge in [-0.3, -0.25) is 9.59 Å². The van der Waals surface area contributed by atoms with E-state index in [0.29, 0.717) is 18.1 Å². The van der Waals surface area contributed by atoms with E-state index in [1.54, 1.807) is 0 Å². The lowest BCUT2D eigenvalue weighted by atomic mass is 9.84. The fraction of sp³-hybridized carbons (Fsp3) is 0.440. The van der Waals surface area contributed by atoms with Crippen molar-refractivity contribution in [3.05, 3.63) is 65.7 Å². The van der Waals surface area contributed by atoms with Crippen LogP contribution < -0.4 is 10.1 Å². The molecule has 1 N–H and O–H groups in total. The molecular formula is C25H28N2O3. The van der Waals surface area contributed by atoms with Crippen molar-refractivity contribution in [1.82, 2.24) is 10.2 Å². The molecule has 2 aromatic rings. The Morgan fingerprint density at radius 1 is 0.933 bits per heavy atom. The van der Waals surface area contributed by atoms with Gasteiger partial charge in [0.25, 0.3) is 5.91 Å². The number of hydrogen-bond donors (Lipinski definition) is 1. The number of carbonyl (C=O) groups excluding carboxylic acids is 2. The topological polar surface area (TPSA) is 58.6 Å². The molecule has 4 unspecified atom stereocenters. The smallest absolute Gasteiger partial charge is 0.254 e. The minimum absolute atomic E-state index is 0.0162. The van der Waals surface area contributed by atoms with E-state index in [-0.39, 0.29) is 23.9 Å². The van der Waals surface area contributed by atoms with E-state index >= 15 is 0 Å². The van der Waals surface area contributed by atoms with Gasteiger partial charge in [0.1, 0.15) is 11.8 Å². The van der Waals surface area contributed by atoms with Crippen LogP contribution in [0.15, 0.2) is 54.6 Å². The third-order valence-corrected chi connectivity index (χ3v) is 6.92. The lowest BCUT2D eigenvalue weighted by molar-refractivity contribution is -0.126. The highest BCUT2D eigenvalue weighted by Crippen LogP contribution is 2.41. The second kappa shape index (κ2) is 8.13. The summed E-state index contributed by atoms with van der Waals surface area (Å²) in [5.41, 5.74) is 1.69. The summed E-state index contributed by atoms with van der Waals surface area (Å²) in [6.45, 7) is 0.588. The van der Waals surface area contributed by atoms with Crippen molar-refractivity contribution in [3.63, 3.8) is 0 Å². The highest BCUT2D eigenvalue weighted by Gasteiger charge is 2.47. The fourth-order valence-corrected chi connectivity index (χ4v) is 5.48. The second-order valence-electron chi connectivity index (χ2n) is 8.68. The van der Waals surface area contributed by atoms with Gasteiger partial charge in [-0.05, 0) is 43.4 Å². The van der Waals surface area contributed by atoms with Crippen LogP contribution in [0, 0.1) is 5.92 Å². The minimum atomic E-state index is -0.402. The van der Waals surface area contributed by atoms with Crippen molar-refractivity contribution in [3.8, 4) is 5.75 Å². The summed E-state index contributed by atoms with van der Waals surface area (Å²) >= 11 is 0. The molecule has 2 amide bonds. The maximum absolute atomic E-state index is 13.5. The van der Waals surface area contributed by atoms with Gasteiger partial charge in [0.2, 0.25) is 5.91 Å². The van der Waals surface area contributed by atoms with E-state index in [2.05, 4.69) is 5.32 Å². The fourth-order valence-electron chi connectivity index (χ4n) is 5.48. The van der Waals surface area contributed by atoms with E-state index in [1.165, 1.54) is 6.42 Å². The highest BCUT2D eigenvalue weighted by atomic mass is 16.5. The molecule has 0 radical (unpaired) electrons. The van der Waals surface area contributed by atoms with Crippen molar-refractivity contribution in [2.45, 2.75) is 56.7 Å². The van der Waals surface area contributed by atoms with Gasteiger partial charge in [-0.1, -0.05) is 49.2 Å². The van der Waals surface area contributed by atoms with Crippen molar-refractivity contribution in [2.24, 2.45) is 5.92 Å². The maximum Gasteiger partial charge on any atom is 0.254 e. The highest BCUT2D eigenvalue weighted by molar-refractivity contribution is 5.98. The molecule has 1 saturated carbocycles. The molecule has 0 spiro atoms. The van der Waals surface area contributed by atoms with E-state index in [0.717, 1.165) is 43.4 Å². The number of carbonyl (C=O) groups is 2. The Morgan fingerprint density at radius 3 is 2.57 bits per heavy atom. The number of ether oxygens (including phenoxy) is 1. The van der Waals surface area contributed by atoms with Crippen molar-refractivity contribution in [1.29, 1.82) is 0 Å². The summed E-state index contributed by atoms with van der Waals surface area (Å²) in [6.07, 6.45) is 5.92. The summed E-state index contributed by atoms with van der Waals surface area (Å²) in [4.78, 5) is 28.8. The third kappa shape index (κ3) is 3.47. The van der Waals surface area contributed by atoms with E-state index < -0.39 is 6.04 Å². The number of amides is 2. The van der Waals surface area contributed by atoms with Crippen molar-refractivity contribution >= 4 is 11.8 Å². The third-order valence-electron chi connectivity index (χ3n) is 6.92. The lowest BCUT2D eigenvalue weighted by Gasteiger charge is -2.34. The number of hydrogen-bond acceptors (Lipinski definition) is 3. The van der Waals surface area contributed by atoms with Gasteiger partial charge in [-0.2, -0.15) is 0 Å². The Balaban J connectivity index is 1.40. The average molecular weight is 405 g/mol. The molecule has 4 atom stereocenters. The predicted octanol–water partition coefficient (Wildman–Crippen LogP) is 4.10. The molecule has 2 aliphatic heterocycles. The second-order valence-corrected chi connectivity index (χ2v) is 8.68. The first kappa shape index (κ1) is 19.2. The molecule has 5 heteroatoms. The van der Waals surface area contributed by atoms with Crippen LogP contribution in [0.4, 0.5) is 0 Å². The van der Waals surface area contributed by atoms with E-state index in [9.17, 15) is 9.59 Å². The quantitative estimate of drug-likeness (QED) is 0.838. The largest absolute Gasteiger partial charge is 0.493 e. The molecule has 2 fully saturated rings. The first-order valence-electron chi connectivity index (χ1n) is 11.1. The summed E-state index contributed by atoms with van der Waals surface area (Å²) in [5, 5.41) is 3.25. The Bertz CT molecular complexity index is 929. The normalized spacial score (nSPS) is 27.5. The molecule has 0 aromatic heterocycles. The molecule has 3 aliphatic rings. The van der Waals surface area contributed by atoms with Crippen LogP contribution in [0.25, 0.3) is 0 Å². The van der Waals surface area contributed by atoms with Gasteiger partial charge in [0.15, 0.2) is 0 Å². The summed E-state index contributed by atoms with van der Waals surface area (Å²) in [6, 6.07) is 17.0. The Labute approximate surface area is 177 Å². The molecule has 5 rings (SSSR count). The Hall–Kier alpha value is -2.82. The lowest BCUT2D eigenvalue weighted by Crippen LogP contribution is -2.50. The van der Waals surface area contributed by atoms with Crippen LogP contribution in [-0.4, -0.2) is 35.4 Å². The molecule has 30 heavy (non-hydrogen) atoms. The van der Waals surface area contributed by atoms with Gasteiger partial charge < -0.3 is 15.0 Å². The zero-order valence-corrected chi connectivity index (χ0v) is 17.1. The van der Waals surface area contributed by atoms with Crippen LogP contribution in [0.3, 0.4) is 0 Å². The van der Waals surface area contributed by atoms with E-state index in [4.69, 9.17) is 4.74 Å². The number of nitrogens with zero attached hydrogens (tertiary/aromatic N) is 1. The first-order chi connectivity index (χ1) is 14.7. The monoisotopic (exact) mass is 404 g/mol. The number of fused-ring (bicyclic) bond motifs is 2. The van der Waals surface area contributed by atoms with Crippen LogP contribution in [-0.2, 0) is 4.79 Å². The Morgan fingerprint density at radius 2 is 1.70 bits per heavy atom. The average Bonchev–Trinajstić information content (AvgIpc) is 3.19. The standard InChI is InChI=1S/C25H28N2O3/c28-24(26-20-14-15-30-23-13-7-5-11-19(20)23)22-16-18-10-4-6-12-21(18)27(22)25(29)17-8-2-1-3-9-17/h1-3,5,7-9,11,13,18,20-22H,4,6,10,12,14-16H2,(H,26,28). The van der Waals surface area contributed by atoms with Crippen LogP contribution in [0.5, 0.6) is 5.75 Å². The molecule has 156 valence electrons. The molecule has 0 bridgehead atoms. The van der Waals surface area contributed by atoms with Crippen LogP contribution in [0.2, 0.25) is 0 Å². The molecule has 2 aromatic carbocycles. The molecule has 1 saturated heterocycles. The molecule has 2 heterocycles. The van der Waals surface area contributed by atoms with Gasteiger partial charge in [0.05, 0.1) is 12.6 Å². The number of likely N-dealkylation sites (tertiary alicyclic amines) is 1.